The van der Waals surface area contributed by atoms with E-state index in [-0.39, 0.29) is 5.78 Å². The molecule has 25 heavy (non-hydrogen) atoms. The lowest BCUT2D eigenvalue weighted by molar-refractivity contribution is -0.114. The molecule has 1 atom stereocenters. The predicted octanol–water partition coefficient (Wildman–Crippen LogP) is 4.67. The van der Waals surface area contributed by atoms with Crippen LogP contribution in [0.15, 0.2) is 47.4 Å². The van der Waals surface area contributed by atoms with E-state index in [1.165, 1.54) is 23.1 Å². The standard InChI is InChI=1S/C19H15N3OS2/c1-2-15-21-22-19(25-15)16-17(23)14(24-18(16)20)10-12-8-5-7-11-6-3-4-9-13(11)12/h3-10,16,20H,2H2,1H3/b14-10-,20-18?/t16-/m1/s1. The Kier molecular flexibility index (Phi) is 4.23. The number of nitrogens with one attached hydrogen (secondary N) is 1. The van der Waals surface area contributed by atoms with Crippen LogP contribution in [0.5, 0.6) is 0 Å². The van der Waals surface area contributed by atoms with Gasteiger partial charge in [0.25, 0.3) is 0 Å². The average molecular weight is 365 g/mol. The molecule has 124 valence electrons. The molecule has 4 rings (SSSR count). The van der Waals surface area contributed by atoms with Crippen LogP contribution in [0.25, 0.3) is 16.8 Å². The van der Waals surface area contributed by atoms with Crippen LogP contribution in [0.4, 0.5) is 0 Å². The van der Waals surface area contributed by atoms with Crippen molar-refractivity contribution in [2.45, 2.75) is 19.3 Å². The molecule has 2 aromatic carbocycles. The van der Waals surface area contributed by atoms with Crippen LogP contribution >= 0.6 is 23.1 Å². The molecule has 1 fully saturated rings. The second kappa shape index (κ2) is 6.54. The maximum absolute atomic E-state index is 12.9. The number of thioether (sulfide) groups is 1. The highest BCUT2D eigenvalue weighted by Gasteiger charge is 2.39. The topological polar surface area (TPSA) is 66.7 Å². The Morgan fingerprint density at radius 3 is 2.76 bits per heavy atom. The third kappa shape index (κ3) is 2.92. The number of benzene rings is 2. The summed E-state index contributed by atoms with van der Waals surface area (Å²) in [6.07, 6.45) is 2.68. The summed E-state index contributed by atoms with van der Waals surface area (Å²) in [6, 6.07) is 14.1. The minimum absolute atomic E-state index is 0.0539. The first-order chi connectivity index (χ1) is 12.2. The van der Waals surface area contributed by atoms with Crippen LogP contribution in [0.1, 0.15) is 28.4 Å². The van der Waals surface area contributed by atoms with Crippen molar-refractivity contribution in [3.05, 3.63) is 62.9 Å². The number of Topliss-reactive ketones (excluding diaryl/α,β-unsaturated/α-hetero) is 1. The van der Waals surface area contributed by atoms with Gasteiger partial charge in [0.05, 0.1) is 9.95 Å². The lowest BCUT2D eigenvalue weighted by Crippen LogP contribution is -2.11. The molecular formula is C19H15N3OS2. The number of aryl methyl sites for hydroxylation is 1. The van der Waals surface area contributed by atoms with Gasteiger partial charge in [-0.25, -0.2) is 0 Å². The highest BCUT2D eigenvalue weighted by atomic mass is 32.2. The fraction of sp³-hybridized carbons (Fsp3) is 0.158. The first kappa shape index (κ1) is 16.2. The third-order valence-electron chi connectivity index (χ3n) is 4.13. The van der Waals surface area contributed by atoms with E-state index < -0.39 is 5.92 Å². The van der Waals surface area contributed by atoms with E-state index >= 15 is 0 Å². The van der Waals surface area contributed by atoms with E-state index in [0.717, 1.165) is 27.8 Å². The van der Waals surface area contributed by atoms with Gasteiger partial charge in [0.1, 0.15) is 15.9 Å². The van der Waals surface area contributed by atoms with E-state index in [0.29, 0.717) is 15.0 Å². The molecule has 2 heterocycles. The number of hydrogen-bond acceptors (Lipinski definition) is 6. The van der Waals surface area contributed by atoms with Crippen molar-refractivity contribution in [3.8, 4) is 0 Å². The van der Waals surface area contributed by atoms with E-state index in [9.17, 15) is 4.79 Å². The largest absolute Gasteiger partial charge is 0.297 e. The summed E-state index contributed by atoms with van der Waals surface area (Å²) in [7, 11) is 0. The first-order valence-corrected chi connectivity index (χ1v) is 9.63. The van der Waals surface area contributed by atoms with Crippen LogP contribution < -0.4 is 0 Å². The molecule has 1 N–H and O–H groups in total. The summed E-state index contributed by atoms with van der Waals surface area (Å²) in [5, 5.41) is 20.5. The SMILES string of the molecule is CCc1nnc([C@H]2C(=N)S/C(=C\c3cccc4ccccc34)C2=O)s1. The van der Waals surface area contributed by atoms with Gasteiger partial charge in [0, 0.05) is 0 Å². The number of fused-ring (bicyclic) bond motifs is 1. The van der Waals surface area contributed by atoms with Gasteiger partial charge < -0.3 is 0 Å². The third-order valence-corrected chi connectivity index (χ3v) is 6.26. The van der Waals surface area contributed by atoms with Crippen molar-refractivity contribution in [1.82, 2.24) is 10.2 Å². The summed E-state index contributed by atoms with van der Waals surface area (Å²) in [4.78, 5) is 13.5. The first-order valence-electron chi connectivity index (χ1n) is 7.99. The minimum atomic E-state index is -0.593. The Morgan fingerprint density at radius 1 is 1.16 bits per heavy atom. The van der Waals surface area contributed by atoms with Gasteiger partial charge in [-0.3, -0.25) is 10.2 Å². The number of rotatable bonds is 3. The molecule has 1 aromatic heterocycles. The lowest BCUT2D eigenvalue weighted by Gasteiger charge is -2.03. The fourth-order valence-electron chi connectivity index (χ4n) is 2.86. The number of carbonyl (C=O) groups is 1. The van der Waals surface area contributed by atoms with Gasteiger partial charge in [-0.2, -0.15) is 0 Å². The number of aromatic nitrogens is 2. The quantitative estimate of drug-likeness (QED) is 0.685. The fourth-order valence-corrected chi connectivity index (χ4v) is 4.80. The number of carbonyl (C=O) groups excluding carboxylic acids is 1. The normalized spacial score (nSPS) is 19.2. The zero-order valence-corrected chi connectivity index (χ0v) is 15.2. The zero-order valence-electron chi connectivity index (χ0n) is 13.5. The van der Waals surface area contributed by atoms with E-state index in [1.54, 1.807) is 0 Å². The Balaban J connectivity index is 1.73. The molecule has 1 aliphatic heterocycles. The molecule has 1 aliphatic rings. The molecule has 4 nitrogen and oxygen atoms in total. The molecule has 0 amide bonds. The van der Waals surface area contributed by atoms with Gasteiger partial charge in [-0.05, 0) is 28.8 Å². The number of hydrogen-bond donors (Lipinski definition) is 1. The summed E-state index contributed by atoms with van der Waals surface area (Å²) in [6.45, 7) is 2.01. The van der Waals surface area contributed by atoms with Crippen molar-refractivity contribution in [2.75, 3.05) is 0 Å². The van der Waals surface area contributed by atoms with Crippen LogP contribution in [0.2, 0.25) is 0 Å². The number of allylic oxidation sites excluding steroid dienone is 1. The maximum atomic E-state index is 12.9. The van der Waals surface area contributed by atoms with Crippen LogP contribution in [0, 0.1) is 5.41 Å². The average Bonchev–Trinajstić information content (AvgIpc) is 3.20. The van der Waals surface area contributed by atoms with Gasteiger partial charge in [-0.1, -0.05) is 61.2 Å². The van der Waals surface area contributed by atoms with Crippen LogP contribution in [0.3, 0.4) is 0 Å². The zero-order chi connectivity index (χ0) is 17.4. The number of ketones is 1. The molecule has 0 spiro atoms. The Bertz CT molecular complexity index is 1020. The molecule has 0 saturated carbocycles. The number of nitrogens with zero attached hydrogens (tertiary/aromatic N) is 2. The minimum Gasteiger partial charge on any atom is -0.297 e. The van der Waals surface area contributed by atoms with Crippen molar-refractivity contribution < 1.29 is 4.79 Å². The Morgan fingerprint density at radius 2 is 1.96 bits per heavy atom. The molecule has 3 aromatic rings. The van der Waals surface area contributed by atoms with E-state index in [1.807, 2.05) is 43.3 Å². The molecule has 0 bridgehead atoms. The molecule has 1 saturated heterocycles. The molecule has 6 heteroatoms. The smallest absolute Gasteiger partial charge is 0.186 e. The highest BCUT2D eigenvalue weighted by Crippen LogP contribution is 2.41. The molecular weight excluding hydrogens is 350 g/mol. The van der Waals surface area contributed by atoms with E-state index in [2.05, 4.69) is 22.3 Å². The van der Waals surface area contributed by atoms with Gasteiger partial charge in [-0.15, -0.1) is 21.5 Å². The Labute approximate surface area is 153 Å². The van der Waals surface area contributed by atoms with E-state index in [4.69, 9.17) is 5.41 Å². The van der Waals surface area contributed by atoms with Crippen molar-refractivity contribution in [3.63, 3.8) is 0 Å². The molecule has 0 unspecified atom stereocenters. The lowest BCUT2D eigenvalue weighted by atomic mass is 10.0. The highest BCUT2D eigenvalue weighted by molar-refractivity contribution is 8.19. The van der Waals surface area contributed by atoms with Crippen LogP contribution in [-0.2, 0) is 11.2 Å². The summed E-state index contributed by atoms with van der Waals surface area (Å²) in [5.41, 5.74) is 0.994. The van der Waals surface area contributed by atoms with Crippen molar-refractivity contribution >= 4 is 50.8 Å². The van der Waals surface area contributed by atoms with Crippen LogP contribution in [-0.4, -0.2) is 21.0 Å². The summed E-state index contributed by atoms with van der Waals surface area (Å²) >= 11 is 2.65. The summed E-state index contributed by atoms with van der Waals surface area (Å²) in [5.74, 6) is -0.647. The van der Waals surface area contributed by atoms with Gasteiger partial charge in [0.15, 0.2) is 5.78 Å². The maximum Gasteiger partial charge on any atom is 0.186 e. The monoisotopic (exact) mass is 365 g/mol. The summed E-state index contributed by atoms with van der Waals surface area (Å²) < 4.78 is 0. The second-order valence-electron chi connectivity index (χ2n) is 5.73. The van der Waals surface area contributed by atoms with Gasteiger partial charge in [0.2, 0.25) is 0 Å². The van der Waals surface area contributed by atoms with Crippen molar-refractivity contribution in [2.24, 2.45) is 0 Å². The molecule has 0 radical (unpaired) electrons. The predicted molar refractivity (Wildman–Crippen MR) is 104 cm³/mol. The Hall–Kier alpha value is -2.31. The van der Waals surface area contributed by atoms with Gasteiger partial charge >= 0.3 is 0 Å². The second-order valence-corrected chi connectivity index (χ2v) is 7.91. The van der Waals surface area contributed by atoms with Crippen molar-refractivity contribution in [1.29, 1.82) is 5.41 Å². The molecule has 0 aliphatic carbocycles.